The van der Waals surface area contributed by atoms with Crippen molar-refractivity contribution >= 4 is 32.6 Å². The Morgan fingerprint density at radius 1 is 1.26 bits per heavy atom. The van der Waals surface area contributed by atoms with E-state index in [9.17, 15) is 5.11 Å². The van der Waals surface area contributed by atoms with E-state index in [0.717, 1.165) is 51.0 Å². The Bertz CT molecular complexity index is 1660. The summed E-state index contributed by atoms with van der Waals surface area (Å²) < 4.78 is 32.0. The molecule has 0 amide bonds. The first-order valence-corrected chi connectivity index (χ1v) is 13.8. The molecule has 204 valence electrons. The molecule has 6 heterocycles. The van der Waals surface area contributed by atoms with Gasteiger partial charge in [0.15, 0.2) is 5.75 Å². The molecule has 1 aliphatic heterocycles. The lowest BCUT2D eigenvalue weighted by atomic mass is 9.88. The van der Waals surface area contributed by atoms with Crippen molar-refractivity contribution in [2.45, 2.75) is 45.3 Å². The molecular weight excluding hydrogens is 519 g/mol. The normalized spacial score (nSPS) is 15.9. The van der Waals surface area contributed by atoms with Gasteiger partial charge in [0.05, 0.1) is 50.9 Å². The molecule has 0 aromatic carbocycles. The Morgan fingerprint density at radius 2 is 2.03 bits per heavy atom. The second-order valence-electron chi connectivity index (χ2n) is 10.6. The SMILES string of the molecule is COc1c(C(C)(C)O)sc2c3ncc(-c4c(C)nnn4C)cc3n(C(c3ncccc3F)C3CCOCC3)c12. The number of halogens is 1. The van der Waals surface area contributed by atoms with Crippen molar-refractivity contribution in [2.75, 3.05) is 20.3 Å². The maximum absolute atomic E-state index is 15.6. The predicted molar refractivity (Wildman–Crippen MR) is 148 cm³/mol. The highest BCUT2D eigenvalue weighted by Gasteiger charge is 2.37. The number of aliphatic hydroxyl groups is 1. The quantitative estimate of drug-likeness (QED) is 0.312. The minimum absolute atomic E-state index is 0.0564. The molecule has 0 aliphatic carbocycles. The third kappa shape index (κ3) is 4.19. The summed E-state index contributed by atoms with van der Waals surface area (Å²) in [5.41, 5.74) is 4.09. The van der Waals surface area contributed by atoms with Gasteiger partial charge in [-0.3, -0.25) is 9.97 Å². The Labute approximate surface area is 229 Å². The third-order valence-corrected chi connectivity index (χ3v) is 8.99. The van der Waals surface area contributed by atoms with Crippen LogP contribution in [0.15, 0.2) is 30.6 Å². The third-order valence-electron chi connectivity index (χ3n) is 7.51. The van der Waals surface area contributed by atoms with Gasteiger partial charge in [0.1, 0.15) is 16.9 Å². The van der Waals surface area contributed by atoms with Crippen LogP contribution in [0.1, 0.15) is 49.0 Å². The van der Waals surface area contributed by atoms with Gasteiger partial charge in [0.2, 0.25) is 0 Å². The van der Waals surface area contributed by atoms with E-state index >= 15 is 4.39 Å². The fourth-order valence-corrected chi connectivity index (χ4v) is 7.06. The summed E-state index contributed by atoms with van der Waals surface area (Å²) in [6.45, 7) is 6.58. The van der Waals surface area contributed by atoms with E-state index in [-0.39, 0.29) is 11.7 Å². The van der Waals surface area contributed by atoms with Crippen LogP contribution in [0.4, 0.5) is 4.39 Å². The number of methoxy groups -OCH3 is 1. The number of nitrogens with zero attached hydrogens (tertiary/aromatic N) is 6. The molecule has 1 N–H and O–H groups in total. The molecule has 0 radical (unpaired) electrons. The molecule has 0 saturated carbocycles. The van der Waals surface area contributed by atoms with Gasteiger partial charge in [-0.2, -0.15) is 0 Å². The molecule has 1 aliphatic rings. The standard InChI is InChI=1S/C28H31FN6O3S/c1-15-22(34(4)33-32-15)17-13-19-21(31-14-17)26-24(25(37-5)27(39-26)28(2,3)36)35(19)23(16-8-11-38-12-9-16)20-18(29)7-6-10-30-20/h6-7,10,13-14,16,23,36H,8-9,11-12H2,1-5H3. The van der Waals surface area contributed by atoms with Crippen LogP contribution in [0.25, 0.3) is 32.5 Å². The van der Waals surface area contributed by atoms with E-state index in [4.69, 9.17) is 14.5 Å². The summed E-state index contributed by atoms with van der Waals surface area (Å²) in [4.78, 5) is 10.2. The zero-order chi connectivity index (χ0) is 27.5. The van der Waals surface area contributed by atoms with Crippen molar-refractivity contribution < 1.29 is 19.0 Å². The number of pyridine rings is 2. The lowest BCUT2D eigenvalue weighted by molar-refractivity contribution is 0.0542. The lowest BCUT2D eigenvalue weighted by Crippen LogP contribution is -2.28. The fourth-order valence-electron chi connectivity index (χ4n) is 5.79. The molecule has 5 aromatic rings. The summed E-state index contributed by atoms with van der Waals surface area (Å²) in [6, 6.07) is 4.69. The van der Waals surface area contributed by atoms with E-state index in [1.165, 1.54) is 17.4 Å². The molecule has 1 fully saturated rings. The summed E-state index contributed by atoms with van der Waals surface area (Å²) in [6.07, 6.45) is 4.96. The van der Waals surface area contributed by atoms with Gasteiger partial charge in [0, 0.05) is 38.2 Å². The van der Waals surface area contributed by atoms with Crippen molar-refractivity contribution in [1.29, 1.82) is 0 Å². The number of hydrogen-bond donors (Lipinski definition) is 1. The largest absolute Gasteiger partial charge is 0.493 e. The van der Waals surface area contributed by atoms with Gasteiger partial charge in [-0.05, 0) is 57.7 Å². The van der Waals surface area contributed by atoms with Crippen molar-refractivity contribution in [1.82, 2.24) is 29.5 Å². The summed E-state index contributed by atoms with van der Waals surface area (Å²) in [5, 5.41) is 19.5. The number of ether oxygens (including phenoxy) is 2. The molecule has 6 rings (SSSR count). The smallest absolute Gasteiger partial charge is 0.160 e. The van der Waals surface area contributed by atoms with Gasteiger partial charge in [-0.25, -0.2) is 9.07 Å². The molecule has 39 heavy (non-hydrogen) atoms. The van der Waals surface area contributed by atoms with E-state index in [2.05, 4.69) is 25.9 Å². The Balaban J connectivity index is 1.74. The maximum atomic E-state index is 15.6. The molecule has 5 aromatic heterocycles. The molecule has 9 nitrogen and oxygen atoms in total. The molecule has 1 unspecified atom stereocenters. The first kappa shape index (κ1) is 25.8. The minimum atomic E-state index is -1.14. The van der Waals surface area contributed by atoms with Gasteiger partial charge in [0.25, 0.3) is 0 Å². The van der Waals surface area contributed by atoms with Crippen LogP contribution in [-0.2, 0) is 17.4 Å². The Hall–Kier alpha value is -3.41. The molecule has 0 bridgehead atoms. The van der Waals surface area contributed by atoms with Crippen LogP contribution in [0, 0.1) is 18.7 Å². The number of thiophene rings is 1. The molecule has 1 saturated heterocycles. The van der Waals surface area contributed by atoms with E-state index in [1.807, 2.05) is 20.2 Å². The van der Waals surface area contributed by atoms with Gasteiger partial charge < -0.3 is 19.1 Å². The van der Waals surface area contributed by atoms with Crippen LogP contribution >= 0.6 is 11.3 Å². The van der Waals surface area contributed by atoms with Gasteiger partial charge in [-0.1, -0.05) is 5.21 Å². The van der Waals surface area contributed by atoms with Gasteiger partial charge in [-0.15, -0.1) is 16.4 Å². The zero-order valence-electron chi connectivity index (χ0n) is 22.6. The first-order valence-electron chi connectivity index (χ1n) is 13.0. The highest BCUT2D eigenvalue weighted by atomic mass is 32.1. The number of hydrogen-bond acceptors (Lipinski definition) is 8. The molecular formula is C28H31FN6O3S. The lowest BCUT2D eigenvalue weighted by Gasteiger charge is -2.32. The molecule has 0 spiro atoms. The molecule has 1 atom stereocenters. The Kier molecular flexibility index (Phi) is 6.40. The molecule has 11 heteroatoms. The van der Waals surface area contributed by atoms with Crippen LogP contribution in [-0.4, -0.2) is 55.0 Å². The van der Waals surface area contributed by atoms with E-state index in [1.54, 1.807) is 37.9 Å². The minimum Gasteiger partial charge on any atom is -0.493 e. The average Bonchev–Trinajstić information content (AvgIpc) is 3.56. The summed E-state index contributed by atoms with van der Waals surface area (Å²) >= 11 is 1.45. The zero-order valence-corrected chi connectivity index (χ0v) is 23.4. The van der Waals surface area contributed by atoms with Crippen molar-refractivity contribution in [3.63, 3.8) is 0 Å². The Morgan fingerprint density at radius 3 is 2.67 bits per heavy atom. The van der Waals surface area contributed by atoms with Crippen LogP contribution in [0.5, 0.6) is 5.75 Å². The second kappa shape index (κ2) is 9.65. The maximum Gasteiger partial charge on any atom is 0.160 e. The summed E-state index contributed by atoms with van der Waals surface area (Å²) in [5.74, 6) is 0.256. The van der Waals surface area contributed by atoms with Crippen molar-refractivity contribution in [3.8, 4) is 17.0 Å². The number of aromatic nitrogens is 6. The fraction of sp³-hybridized carbons (Fsp3) is 0.429. The summed E-state index contributed by atoms with van der Waals surface area (Å²) in [7, 11) is 3.46. The number of fused-ring (bicyclic) bond motifs is 3. The average molecular weight is 551 g/mol. The van der Waals surface area contributed by atoms with E-state index < -0.39 is 11.6 Å². The van der Waals surface area contributed by atoms with Gasteiger partial charge >= 0.3 is 0 Å². The second-order valence-corrected chi connectivity index (χ2v) is 11.6. The predicted octanol–water partition coefficient (Wildman–Crippen LogP) is 5.14. The van der Waals surface area contributed by atoms with Crippen LogP contribution in [0.3, 0.4) is 0 Å². The highest BCUT2D eigenvalue weighted by Crippen LogP contribution is 2.50. The van der Waals surface area contributed by atoms with Crippen LogP contribution in [0.2, 0.25) is 0 Å². The van der Waals surface area contributed by atoms with Crippen molar-refractivity contribution in [2.24, 2.45) is 13.0 Å². The van der Waals surface area contributed by atoms with E-state index in [0.29, 0.717) is 29.5 Å². The number of rotatable bonds is 6. The highest BCUT2D eigenvalue weighted by molar-refractivity contribution is 7.20. The van der Waals surface area contributed by atoms with Crippen molar-refractivity contribution in [3.05, 3.63) is 52.7 Å². The number of aryl methyl sites for hydroxylation is 2. The van der Waals surface area contributed by atoms with Crippen LogP contribution < -0.4 is 4.74 Å². The topological polar surface area (TPSA) is 100 Å². The first-order chi connectivity index (χ1) is 18.7. The monoisotopic (exact) mass is 550 g/mol.